The first-order chi connectivity index (χ1) is 10.6. The Morgan fingerprint density at radius 1 is 1.18 bits per heavy atom. The van der Waals surface area contributed by atoms with Crippen LogP contribution in [0.1, 0.15) is 18.1 Å². The van der Waals surface area contributed by atoms with Crippen LogP contribution in [0.3, 0.4) is 0 Å². The Hall–Kier alpha value is -2.33. The minimum atomic E-state index is 0.0336. The molecule has 1 aromatic heterocycles. The molecule has 0 saturated heterocycles. The number of aromatic nitrogens is 1. The molecule has 22 heavy (non-hydrogen) atoms. The van der Waals surface area contributed by atoms with Gasteiger partial charge in [0.25, 0.3) is 0 Å². The molecule has 3 rings (SSSR count). The normalized spacial score (nSPS) is 11.6. The summed E-state index contributed by atoms with van der Waals surface area (Å²) in [6.45, 7) is 4.00. The van der Waals surface area contributed by atoms with E-state index >= 15 is 0 Å². The molecule has 0 aliphatic rings. The van der Waals surface area contributed by atoms with Crippen LogP contribution in [0.5, 0.6) is 5.88 Å². The predicted octanol–water partition coefficient (Wildman–Crippen LogP) is 5.81. The topological polar surface area (TPSA) is 60.7 Å². The number of halogens is 1. The number of nitrogens with one attached hydrogen (secondary N) is 1. The van der Waals surface area contributed by atoms with Gasteiger partial charge in [0.2, 0.25) is 5.88 Å². The first kappa shape index (κ1) is 14.6. The molecule has 0 aliphatic heterocycles. The summed E-state index contributed by atoms with van der Waals surface area (Å²) in [5, 5.41) is 20.1. The Labute approximate surface area is 133 Å². The van der Waals surface area contributed by atoms with E-state index in [1.54, 1.807) is 6.07 Å². The predicted molar refractivity (Wildman–Crippen MR) is 89.7 cm³/mol. The summed E-state index contributed by atoms with van der Waals surface area (Å²) in [5.74, 6) is 0.0336. The van der Waals surface area contributed by atoms with Crippen molar-refractivity contribution in [2.75, 3.05) is 0 Å². The van der Waals surface area contributed by atoms with Gasteiger partial charge in [0.05, 0.1) is 11.2 Å². The van der Waals surface area contributed by atoms with Crippen molar-refractivity contribution in [1.82, 2.24) is 4.98 Å². The van der Waals surface area contributed by atoms with Crippen LogP contribution in [0.25, 0.3) is 10.9 Å². The van der Waals surface area contributed by atoms with E-state index in [2.05, 4.69) is 22.1 Å². The van der Waals surface area contributed by atoms with E-state index in [-0.39, 0.29) is 5.88 Å². The van der Waals surface area contributed by atoms with Gasteiger partial charge in [0.1, 0.15) is 0 Å². The molecular formula is C17H16ClN3O. The van der Waals surface area contributed by atoms with Crippen molar-refractivity contribution in [1.29, 1.82) is 0 Å². The molecule has 2 N–H and O–H groups in total. The number of fused-ring (bicyclic) bond motifs is 1. The quantitative estimate of drug-likeness (QED) is 0.588. The highest BCUT2D eigenvalue weighted by molar-refractivity contribution is 6.30. The fraction of sp³-hybridized carbons (Fsp3) is 0.176. The first-order valence-corrected chi connectivity index (χ1v) is 7.48. The van der Waals surface area contributed by atoms with Gasteiger partial charge in [-0.25, -0.2) is 0 Å². The summed E-state index contributed by atoms with van der Waals surface area (Å²) in [6.07, 6.45) is 0.879. The van der Waals surface area contributed by atoms with Gasteiger partial charge in [0, 0.05) is 10.4 Å². The fourth-order valence-electron chi connectivity index (χ4n) is 2.48. The lowest BCUT2D eigenvalue weighted by atomic mass is 10.1. The van der Waals surface area contributed by atoms with Crippen molar-refractivity contribution < 1.29 is 5.11 Å². The molecule has 5 heteroatoms. The van der Waals surface area contributed by atoms with Crippen molar-refractivity contribution in [3.05, 3.63) is 52.5 Å². The third-order valence-corrected chi connectivity index (χ3v) is 3.91. The summed E-state index contributed by atoms with van der Waals surface area (Å²) < 4.78 is 0. The van der Waals surface area contributed by atoms with Gasteiger partial charge >= 0.3 is 0 Å². The number of aromatic amines is 1. The third kappa shape index (κ3) is 2.57. The second-order valence-electron chi connectivity index (χ2n) is 5.15. The van der Waals surface area contributed by atoms with Crippen molar-refractivity contribution in [2.24, 2.45) is 10.2 Å². The molecular weight excluding hydrogens is 298 g/mol. The lowest BCUT2D eigenvalue weighted by Crippen LogP contribution is -1.80. The van der Waals surface area contributed by atoms with Gasteiger partial charge in [-0.05, 0) is 42.7 Å². The van der Waals surface area contributed by atoms with Gasteiger partial charge in [0.15, 0.2) is 5.69 Å². The standard InChI is InChI=1S/C17H16ClN3O/c1-3-11-5-4-6-13-15(11)19-17(22)16(13)21-20-14-8-7-12(18)9-10(14)2/h4-9,19,22H,3H2,1-2H3. The average Bonchev–Trinajstić information content (AvgIpc) is 2.82. The van der Waals surface area contributed by atoms with E-state index < -0.39 is 0 Å². The average molecular weight is 314 g/mol. The number of hydrogen-bond acceptors (Lipinski definition) is 3. The highest BCUT2D eigenvalue weighted by Crippen LogP contribution is 2.38. The Kier molecular flexibility index (Phi) is 3.86. The van der Waals surface area contributed by atoms with E-state index in [1.807, 2.05) is 37.3 Å². The van der Waals surface area contributed by atoms with Crippen molar-refractivity contribution >= 4 is 33.9 Å². The monoisotopic (exact) mass is 313 g/mol. The summed E-state index contributed by atoms with van der Waals surface area (Å²) in [6, 6.07) is 11.3. The Morgan fingerprint density at radius 3 is 2.73 bits per heavy atom. The molecule has 3 aromatic rings. The first-order valence-electron chi connectivity index (χ1n) is 7.10. The van der Waals surface area contributed by atoms with Crippen molar-refractivity contribution in [2.45, 2.75) is 20.3 Å². The fourth-order valence-corrected chi connectivity index (χ4v) is 2.71. The third-order valence-electron chi connectivity index (χ3n) is 3.67. The zero-order chi connectivity index (χ0) is 15.7. The van der Waals surface area contributed by atoms with Crippen LogP contribution in [0.4, 0.5) is 11.4 Å². The van der Waals surface area contributed by atoms with Crippen molar-refractivity contribution in [3.8, 4) is 5.88 Å². The SMILES string of the molecule is CCc1cccc2c(N=Nc3ccc(Cl)cc3C)c(O)[nH]c12. The maximum atomic E-state index is 10.1. The van der Waals surface area contributed by atoms with Crippen LogP contribution < -0.4 is 0 Å². The molecule has 2 aromatic carbocycles. The number of benzene rings is 2. The molecule has 0 bridgehead atoms. The minimum absolute atomic E-state index is 0.0336. The van der Waals surface area contributed by atoms with Crippen LogP contribution in [-0.2, 0) is 6.42 Å². The van der Waals surface area contributed by atoms with Crippen LogP contribution in [0.15, 0.2) is 46.6 Å². The number of hydrogen-bond donors (Lipinski definition) is 2. The van der Waals surface area contributed by atoms with Gasteiger partial charge in [-0.15, -0.1) is 5.11 Å². The van der Waals surface area contributed by atoms with Crippen LogP contribution in [0.2, 0.25) is 5.02 Å². The molecule has 0 atom stereocenters. The molecule has 0 spiro atoms. The second kappa shape index (κ2) is 5.81. The number of H-pyrrole nitrogens is 1. The Bertz CT molecular complexity index is 868. The van der Waals surface area contributed by atoms with Gasteiger partial charge in [-0.1, -0.05) is 36.7 Å². The van der Waals surface area contributed by atoms with E-state index in [9.17, 15) is 5.11 Å². The molecule has 0 saturated carbocycles. The lowest BCUT2D eigenvalue weighted by Gasteiger charge is -1.99. The maximum absolute atomic E-state index is 10.1. The van der Waals surface area contributed by atoms with Crippen LogP contribution >= 0.6 is 11.6 Å². The zero-order valence-corrected chi connectivity index (χ0v) is 13.1. The van der Waals surface area contributed by atoms with E-state index in [4.69, 9.17) is 11.6 Å². The number of azo groups is 1. The largest absolute Gasteiger partial charge is 0.493 e. The minimum Gasteiger partial charge on any atom is -0.493 e. The number of para-hydroxylation sites is 1. The smallest absolute Gasteiger partial charge is 0.218 e. The second-order valence-corrected chi connectivity index (χ2v) is 5.58. The van der Waals surface area contributed by atoms with E-state index in [1.165, 1.54) is 0 Å². The van der Waals surface area contributed by atoms with Crippen LogP contribution in [0, 0.1) is 6.92 Å². The van der Waals surface area contributed by atoms with Gasteiger partial charge in [-0.2, -0.15) is 5.11 Å². The highest BCUT2D eigenvalue weighted by Gasteiger charge is 2.12. The van der Waals surface area contributed by atoms with Gasteiger partial charge in [-0.3, -0.25) is 0 Å². The lowest BCUT2D eigenvalue weighted by molar-refractivity contribution is 0.459. The summed E-state index contributed by atoms with van der Waals surface area (Å²) in [5.41, 5.74) is 4.16. The summed E-state index contributed by atoms with van der Waals surface area (Å²) in [4.78, 5) is 2.99. The molecule has 0 aliphatic carbocycles. The van der Waals surface area contributed by atoms with E-state index in [0.717, 1.165) is 34.1 Å². The Morgan fingerprint density at radius 2 is 2.00 bits per heavy atom. The number of aromatic hydroxyl groups is 1. The maximum Gasteiger partial charge on any atom is 0.218 e. The number of aryl methyl sites for hydroxylation is 2. The molecule has 112 valence electrons. The number of nitrogens with zero attached hydrogens (tertiary/aromatic N) is 2. The molecule has 0 unspecified atom stereocenters. The molecule has 0 radical (unpaired) electrons. The van der Waals surface area contributed by atoms with Crippen molar-refractivity contribution in [3.63, 3.8) is 0 Å². The molecule has 0 fully saturated rings. The summed E-state index contributed by atoms with van der Waals surface area (Å²) >= 11 is 5.94. The Balaban J connectivity index is 2.07. The van der Waals surface area contributed by atoms with E-state index in [0.29, 0.717) is 10.7 Å². The highest BCUT2D eigenvalue weighted by atomic mass is 35.5. The van der Waals surface area contributed by atoms with Crippen LogP contribution in [-0.4, -0.2) is 10.1 Å². The molecule has 0 amide bonds. The molecule has 1 heterocycles. The molecule has 4 nitrogen and oxygen atoms in total. The zero-order valence-electron chi connectivity index (χ0n) is 12.4. The van der Waals surface area contributed by atoms with Gasteiger partial charge < -0.3 is 10.1 Å². The number of rotatable bonds is 3. The summed E-state index contributed by atoms with van der Waals surface area (Å²) in [7, 11) is 0.